The molecule has 0 aliphatic rings. The molecule has 0 amide bonds. The van der Waals surface area contributed by atoms with Gasteiger partial charge in [-0.3, -0.25) is 0 Å². The van der Waals surface area contributed by atoms with Crippen LogP contribution in [0.2, 0.25) is 0 Å². The first kappa shape index (κ1) is 10.6. The van der Waals surface area contributed by atoms with Crippen molar-refractivity contribution >= 4 is 0 Å². The van der Waals surface area contributed by atoms with Crippen molar-refractivity contribution in [1.82, 2.24) is 0 Å². The molecule has 2 rings (SSSR count). The highest BCUT2D eigenvalue weighted by atomic mass is 19.1. The topological polar surface area (TPSA) is 20.2 Å². The van der Waals surface area contributed by atoms with Crippen molar-refractivity contribution in [2.75, 3.05) is 0 Å². The average Bonchev–Trinajstić information content (AvgIpc) is 2.26. The van der Waals surface area contributed by atoms with E-state index in [1.807, 2.05) is 0 Å². The quantitative estimate of drug-likeness (QED) is 0.777. The summed E-state index contributed by atoms with van der Waals surface area (Å²) < 4.78 is 26.6. The van der Waals surface area contributed by atoms with Crippen molar-refractivity contribution in [2.24, 2.45) is 0 Å². The van der Waals surface area contributed by atoms with Gasteiger partial charge in [0.05, 0.1) is 0 Å². The van der Waals surface area contributed by atoms with Crippen molar-refractivity contribution in [3.05, 3.63) is 53.6 Å². The van der Waals surface area contributed by atoms with Crippen LogP contribution in [0.1, 0.15) is 5.56 Å². The van der Waals surface area contributed by atoms with Crippen LogP contribution in [0.25, 0.3) is 11.1 Å². The third-order valence-electron chi connectivity index (χ3n) is 2.45. The van der Waals surface area contributed by atoms with Crippen LogP contribution in [0.15, 0.2) is 36.4 Å². The summed E-state index contributed by atoms with van der Waals surface area (Å²) in [5.74, 6) is -1.54. The molecule has 2 aromatic carbocycles. The van der Waals surface area contributed by atoms with Crippen LogP contribution in [0.4, 0.5) is 8.78 Å². The number of hydrogen-bond donors (Lipinski definition) is 1. The fraction of sp³-hybridized carbons (Fsp3) is 0.0769. The van der Waals surface area contributed by atoms with Crippen LogP contribution in [0, 0.1) is 18.6 Å². The van der Waals surface area contributed by atoms with Gasteiger partial charge in [-0.1, -0.05) is 24.3 Å². The fourth-order valence-corrected chi connectivity index (χ4v) is 1.55. The van der Waals surface area contributed by atoms with Crippen molar-refractivity contribution in [1.29, 1.82) is 0 Å². The van der Waals surface area contributed by atoms with Gasteiger partial charge in [0, 0.05) is 5.56 Å². The molecule has 0 heterocycles. The number of benzene rings is 2. The number of aromatic hydroxyl groups is 1. The molecule has 0 saturated heterocycles. The third-order valence-corrected chi connectivity index (χ3v) is 2.45. The number of phenols is 1. The van der Waals surface area contributed by atoms with Crippen molar-refractivity contribution in [3.63, 3.8) is 0 Å². The summed E-state index contributed by atoms with van der Waals surface area (Å²) in [7, 11) is 0. The van der Waals surface area contributed by atoms with Gasteiger partial charge in [-0.25, -0.2) is 8.78 Å². The lowest BCUT2D eigenvalue weighted by Gasteiger charge is -2.06. The van der Waals surface area contributed by atoms with Crippen molar-refractivity contribution < 1.29 is 13.9 Å². The minimum Gasteiger partial charge on any atom is -0.505 e. The lowest BCUT2D eigenvalue weighted by atomic mass is 10.0. The lowest BCUT2D eigenvalue weighted by Crippen LogP contribution is -1.88. The number of hydrogen-bond acceptors (Lipinski definition) is 1. The summed E-state index contributed by atoms with van der Waals surface area (Å²) in [6.45, 7) is 1.65. The first-order valence-corrected chi connectivity index (χ1v) is 4.83. The van der Waals surface area contributed by atoms with E-state index in [2.05, 4.69) is 0 Å². The predicted octanol–water partition coefficient (Wildman–Crippen LogP) is 3.65. The molecule has 0 radical (unpaired) electrons. The molecule has 0 aliphatic carbocycles. The van der Waals surface area contributed by atoms with E-state index in [1.54, 1.807) is 25.1 Å². The SMILES string of the molecule is Cc1cccc(-c2ccc(F)c(O)c2)c1F. The summed E-state index contributed by atoms with van der Waals surface area (Å²) in [5, 5.41) is 9.22. The van der Waals surface area contributed by atoms with Crippen molar-refractivity contribution in [2.45, 2.75) is 6.92 Å². The summed E-state index contributed by atoms with van der Waals surface area (Å²) in [6.07, 6.45) is 0. The zero-order chi connectivity index (χ0) is 11.7. The molecule has 1 nitrogen and oxygen atoms in total. The molecule has 82 valence electrons. The Morgan fingerprint density at radius 2 is 1.81 bits per heavy atom. The van der Waals surface area contributed by atoms with Gasteiger partial charge >= 0.3 is 0 Å². The van der Waals surface area contributed by atoms with E-state index in [0.717, 1.165) is 6.07 Å². The molecule has 0 atom stereocenters. The lowest BCUT2D eigenvalue weighted by molar-refractivity contribution is 0.432. The number of phenolic OH excluding ortho intramolecular Hbond substituents is 1. The van der Waals surface area contributed by atoms with E-state index in [9.17, 15) is 13.9 Å². The molecule has 2 aromatic rings. The average molecular weight is 220 g/mol. The standard InChI is InChI=1S/C13H10F2O/c1-8-3-2-4-10(13(8)15)9-5-6-11(14)12(16)7-9/h2-7,16H,1H3. The van der Waals surface area contributed by atoms with Gasteiger partial charge in [0.25, 0.3) is 0 Å². The van der Waals surface area contributed by atoms with E-state index in [0.29, 0.717) is 16.7 Å². The van der Waals surface area contributed by atoms with Gasteiger partial charge < -0.3 is 5.11 Å². The van der Waals surface area contributed by atoms with E-state index in [1.165, 1.54) is 12.1 Å². The number of rotatable bonds is 1. The molecule has 0 fully saturated rings. The monoisotopic (exact) mass is 220 g/mol. The zero-order valence-corrected chi connectivity index (χ0v) is 8.67. The highest BCUT2D eigenvalue weighted by Gasteiger charge is 2.09. The normalized spacial score (nSPS) is 10.4. The molecule has 1 N–H and O–H groups in total. The Labute approximate surface area is 92.0 Å². The molecule has 0 spiro atoms. The molecule has 0 bridgehead atoms. The second kappa shape index (κ2) is 3.93. The van der Waals surface area contributed by atoms with Gasteiger partial charge in [0.15, 0.2) is 11.6 Å². The smallest absolute Gasteiger partial charge is 0.164 e. The summed E-state index contributed by atoms with van der Waals surface area (Å²) in [4.78, 5) is 0. The summed E-state index contributed by atoms with van der Waals surface area (Å²) in [6, 6.07) is 8.73. The van der Waals surface area contributed by atoms with Crippen LogP contribution in [0.3, 0.4) is 0 Å². The van der Waals surface area contributed by atoms with E-state index < -0.39 is 11.6 Å². The Morgan fingerprint density at radius 1 is 1.06 bits per heavy atom. The minimum absolute atomic E-state index is 0.353. The van der Waals surface area contributed by atoms with Gasteiger partial charge in [-0.2, -0.15) is 0 Å². The first-order valence-electron chi connectivity index (χ1n) is 4.83. The van der Waals surface area contributed by atoms with Crippen LogP contribution in [0.5, 0.6) is 5.75 Å². The highest BCUT2D eigenvalue weighted by Crippen LogP contribution is 2.28. The molecule has 0 saturated carbocycles. The highest BCUT2D eigenvalue weighted by molar-refractivity contribution is 5.66. The Kier molecular flexibility index (Phi) is 2.60. The Morgan fingerprint density at radius 3 is 2.50 bits per heavy atom. The second-order valence-corrected chi connectivity index (χ2v) is 3.60. The zero-order valence-electron chi connectivity index (χ0n) is 8.67. The Hall–Kier alpha value is -1.90. The maximum atomic E-state index is 13.7. The Bertz CT molecular complexity index is 535. The van der Waals surface area contributed by atoms with Crippen LogP contribution < -0.4 is 0 Å². The molecular formula is C13H10F2O. The van der Waals surface area contributed by atoms with Crippen LogP contribution in [-0.2, 0) is 0 Å². The second-order valence-electron chi connectivity index (χ2n) is 3.60. The van der Waals surface area contributed by atoms with Gasteiger partial charge in [0.2, 0.25) is 0 Å². The molecule has 0 aromatic heterocycles. The molecule has 0 aliphatic heterocycles. The molecular weight excluding hydrogens is 210 g/mol. The van der Waals surface area contributed by atoms with Crippen molar-refractivity contribution in [3.8, 4) is 16.9 Å². The van der Waals surface area contributed by atoms with Gasteiger partial charge in [-0.15, -0.1) is 0 Å². The van der Waals surface area contributed by atoms with E-state index in [4.69, 9.17) is 0 Å². The third kappa shape index (κ3) is 1.76. The maximum Gasteiger partial charge on any atom is 0.164 e. The minimum atomic E-state index is -0.711. The van der Waals surface area contributed by atoms with Crippen LogP contribution in [-0.4, -0.2) is 5.11 Å². The Balaban J connectivity index is 2.59. The van der Waals surface area contributed by atoms with Gasteiger partial charge in [-0.05, 0) is 30.2 Å². The number of aryl methyl sites for hydroxylation is 1. The molecule has 3 heteroatoms. The maximum absolute atomic E-state index is 13.7. The molecule has 16 heavy (non-hydrogen) atoms. The first-order chi connectivity index (χ1) is 7.59. The fourth-order valence-electron chi connectivity index (χ4n) is 1.55. The van der Waals surface area contributed by atoms with E-state index >= 15 is 0 Å². The summed E-state index contributed by atoms with van der Waals surface area (Å²) in [5.41, 5.74) is 1.33. The largest absolute Gasteiger partial charge is 0.505 e. The predicted molar refractivity (Wildman–Crippen MR) is 58.2 cm³/mol. The molecule has 0 unspecified atom stereocenters. The summed E-state index contributed by atoms with van der Waals surface area (Å²) >= 11 is 0. The van der Waals surface area contributed by atoms with Crippen LogP contribution >= 0.6 is 0 Å². The van der Waals surface area contributed by atoms with E-state index in [-0.39, 0.29) is 5.82 Å². The number of halogens is 2. The van der Waals surface area contributed by atoms with Gasteiger partial charge in [0.1, 0.15) is 5.82 Å².